The van der Waals surface area contributed by atoms with Crippen molar-refractivity contribution >= 4 is 0 Å². The van der Waals surface area contributed by atoms with Gasteiger partial charge in [0, 0.05) is 12.1 Å². The van der Waals surface area contributed by atoms with Crippen LogP contribution < -0.4 is 0 Å². The van der Waals surface area contributed by atoms with Crippen LogP contribution in [0.1, 0.15) is 69.3 Å². The van der Waals surface area contributed by atoms with Crippen LogP contribution in [-0.4, -0.2) is 24.0 Å². The fraction of sp³-hybridized carbons (Fsp3) is 0.684. The Morgan fingerprint density at radius 3 is 2.00 bits per heavy atom. The fourth-order valence-electron chi connectivity index (χ4n) is 4.33. The minimum Gasteiger partial charge on any atom is -0.300 e. The normalized spacial score (nSPS) is 28.7. The van der Waals surface area contributed by atoms with Crippen molar-refractivity contribution in [3.8, 4) is 0 Å². The van der Waals surface area contributed by atoms with Crippen LogP contribution in [0.5, 0.6) is 0 Å². The van der Waals surface area contributed by atoms with Gasteiger partial charge in [-0.2, -0.15) is 0 Å². The summed E-state index contributed by atoms with van der Waals surface area (Å²) >= 11 is 0. The van der Waals surface area contributed by atoms with E-state index in [-0.39, 0.29) is 0 Å². The van der Waals surface area contributed by atoms with Gasteiger partial charge in [-0.05, 0) is 57.1 Å². The molecule has 0 atom stereocenters. The second-order valence-electron chi connectivity index (χ2n) is 6.87. The third-order valence-corrected chi connectivity index (χ3v) is 5.69. The van der Waals surface area contributed by atoms with E-state index in [9.17, 15) is 0 Å². The summed E-state index contributed by atoms with van der Waals surface area (Å²) < 4.78 is 0. The van der Waals surface area contributed by atoms with E-state index in [1.54, 1.807) is 5.56 Å². The number of nitrogens with zero attached hydrogens (tertiary/aromatic N) is 1. The van der Waals surface area contributed by atoms with Gasteiger partial charge in [0.15, 0.2) is 0 Å². The third kappa shape index (κ3) is 3.25. The molecule has 3 rings (SSSR count). The maximum atomic E-state index is 2.74. The van der Waals surface area contributed by atoms with Crippen LogP contribution in [0, 0.1) is 0 Å². The Morgan fingerprint density at radius 1 is 0.750 bits per heavy atom. The molecule has 2 aliphatic rings. The summed E-state index contributed by atoms with van der Waals surface area (Å²) in [5.41, 5.74) is 1.56. The van der Waals surface area contributed by atoms with Crippen molar-refractivity contribution in [2.75, 3.05) is 7.05 Å². The molecule has 0 unspecified atom stereocenters. The third-order valence-electron chi connectivity index (χ3n) is 5.69. The van der Waals surface area contributed by atoms with E-state index in [4.69, 9.17) is 0 Å². The lowest BCUT2D eigenvalue weighted by molar-refractivity contribution is 0.106. The highest BCUT2D eigenvalue weighted by molar-refractivity contribution is 5.20. The molecule has 2 saturated carbocycles. The lowest BCUT2D eigenvalue weighted by Crippen LogP contribution is -2.42. The molecule has 1 aromatic carbocycles. The highest BCUT2D eigenvalue weighted by Gasteiger charge is 2.28. The maximum absolute atomic E-state index is 2.74. The molecule has 20 heavy (non-hydrogen) atoms. The Labute approximate surface area is 124 Å². The summed E-state index contributed by atoms with van der Waals surface area (Å²) in [5.74, 6) is 0.812. The van der Waals surface area contributed by atoms with E-state index in [2.05, 4.69) is 42.3 Å². The molecule has 0 bridgehead atoms. The minimum atomic E-state index is 0.812. The molecule has 1 aromatic rings. The smallest absolute Gasteiger partial charge is 0.00955 e. The van der Waals surface area contributed by atoms with Crippen LogP contribution in [0.25, 0.3) is 0 Å². The maximum Gasteiger partial charge on any atom is 0.00955 e. The summed E-state index contributed by atoms with van der Waals surface area (Å²) in [7, 11) is 2.39. The van der Waals surface area contributed by atoms with E-state index < -0.39 is 0 Å². The van der Waals surface area contributed by atoms with Crippen molar-refractivity contribution in [3.63, 3.8) is 0 Å². The van der Waals surface area contributed by atoms with Crippen LogP contribution in [-0.2, 0) is 0 Å². The standard InChI is InChI=1S/C19H29N/c1-20(18-10-6-3-7-11-18)19-14-12-17(13-15-19)16-8-4-2-5-9-16/h2,4-5,8-9,17-19H,3,6-7,10-15H2,1H3. The lowest BCUT2D eigenvalue weighted by Gasteiger charge is -2.40. The first kappa shape index (κ1) is 14.1. The van der Waals surface area contributed by atoms with E-state index in [0.717, 1.165) is 18.0 Å². The highest BCUT2D eigenvalue weighted by Crippen LogP contribution is 2.36. The number of benzene rings is 1. The van der Waals surface area contributed by atoms with Crippen molar-refractivity contribution in [1.82, 2.24) is 4.90 Å². The SMILES string of the molecule is CN(C1CCCCC1)C1CCC(c2ccccc2)CC1. The van der Waals surface area contributed by atoms with Crippen LogP contribution >= 0.6 is 0 Å². The average molecular weight is 271 g/mol. The summed E-state index contributed by atoms with van der Waals surface area (Å²) in [6.45, 7) is 0. The molecule has 0 N–H and O–H groups in total. The van der Waals surface area contributed by atoms with Crippen molar-refractivity contribution in [2.45, 2.75) is 75.8 Å². The molecule has 0 spiro atoms. The van der Waals surface area contributed by atoms with Crippen molar-refractivity contribution in [1.29, 1.82) is 0 Å². The Morgan fingerprint density at radius 2 is 1.35 bits per heavy atom. The molecule has 110 valence electrons. The number of hydrogen-bond donors (Lipinski definition) is 0. The summed E-state index contributed by atoms with van der Waals surface area (Å²) in [4.78, 5) is 2.74. The Kier molecular flexibility index (Phi) is 4.77. The molecule has 0 radical (unpaired) electrons. The monoisotopic (exact) mass is 271 g/mol. The minimum absolute atomic E-state index is 0.812. The second kappa shape index (κ2) is 6.76. The summed E-state index contributed by atoms with van der Waals surface area (Å²) in [6, 6.07) is 12.9. The van der Waals surface area contributed by atoms with Gasteiger partial charge < -0.3 is 4.90 Å². The van der Waals surface area contributed by atoms with Crippen LogP contribution in [0.2, 0.25) is 0 Å². The van der Waals surface area contributed by atoms with Crippen molar-refractivity contribution in [2.24, 2.45) is 0 Å². The summed E-state index contributed by atoms with van der Waals surface area (Å²) in [5, 5.41) is 0. The van der Waals surface area contributed by atoms with Crippen molar-refractivity contribution in [3.05, 3.63) is 35.9 Å². The molecular weight excluding hydrogens is 242 g/mol. The zero-order valence-electron chi connectivity index (χ0n) is 12.9. The van der Waals surface area contributed by atoms with Crippen LogP contribution in [0.3, 0.4) is 0 Å². The molecule has 2 fully saturated rings. The van der Waals surface area contributed by atoms with Gasteiger partial charge in [-0.1, -0.05) is 49.6 Å². The predicted octanol–water partition coefficient (Wildman–Crippen LogP) is 4.98. The van der Waals surface area contributed by atoms with Crippen molar-refractivity contribution < 1.29 is 0 Å². The Bertz CT molecular complexity index is 385. The van der Waals surface area contributed by atoms with Gasteiger partial charge in [-0.25, -0.2) is 0 Å². The van der Waals surface area contributed by atoms with Crippen LogP contribution in [0.4, 0.5) is 0 Å². The number of hydrogen-bond acceptors (Lipinski definition) is 1. The molecule has 2 aliphatic carbocycles. The van der Waals surface area contributed by atoms with Gasteiger partial charge in [-0.15, -0.1) is 0 Å². The molecule has 1 nitrogen and oxygen atoms in total. The van der Waals surface area contributed by atoms with E-state index in [1.165, 1.54) is 57.8 Å². The first-order valence-electron chi connectivity index (χ1n) is 8.61. The van der Waals surface area contributed by atoms with Gasteiger partial charge in [0.2, 0.25) is 0 Å². The molecular formula is C19H29N. The Balaban J connectivity index is 1.53. The van der Waals surface area contributed by atoms with Gasteiger partial charge in [0.1, 0.15) is 0 Å². The molecule has 0 saturated heterocycles. The molecule has 0 aromatic heterocycles. The molecule has 0 amide bonds. The van der Waals surface area contributed by atoms with Crippen LogP contribution in [0.15, 0.2) is 30.3 Å². The predicted molar refractivity (Wildman–Crippen MR) is 86.1 cm³/mol. The first-order valence-corrected chi connectivity index (χ1v) is 8.61. The first-order chi connectivity index (χ1) is 9.84. The average Bonchev–Trinajstić information content (AvgIpc) is 2.56. The fourth-order valence-corrected chi connectivity index (χ4v) is 4.33. The topological polar surface area (TPSA) is 3.24 Å². The van der Waals surface area contributed by atoms with Gasteiger partial charge >= 0.3 is 0 Å². The zero-order chi connectivity index (χ0) is 13.8. The second-order valence-corrected chi connectivity index (χ2v) is 6.87. The molecule has 0 heterocycles. The summed E-state index contributed by atoms with van der Waals surface area (Å²) in [6.07, 6.45) is 12.8. The van der Waals surface area contributed by atoms with E-state index in [1.807, 2.05) is 0 Å². The van der Waals surface area contributed by atoms with Gasteiger partial charge in [0.25, 0.3) is 0 Å². The Hall–Kier alpha value is -0.820. The van der Waals surface area contributed by atoms with E-state index >= 15 is 0 Å². The van der Waals surface area contributed by atoms with Gasteiger partial charge in [0.05, 0.1) is 0 Å². The van der Waals surface area contributed by atoms with Gasteiger partial charge in [-0.3, -0.25) is 0 Å². The molecule has 0 aliphatic heterocycles. The van der Waals surface area contributed by atoms with E-state index in [0.29, 0.717) is 0 Å². The highest BCUT2D eigenvalue weighted by atomic mass is 15.2. The number of rotatable bonds is 3. The largest absolute Gasteiger partial charge is 0.300 e. The lowest BCUT2D eigenvalue weighted by atomic mass is 9.80. The quantitative estimate of drug-likeness (QED) is 0.749. The zero-order valence-corrected chi connectivity index (χ0v) is 12.9. The molecule has 1 heteroatoms.